The molecule has 1 aliphatic rings. The minimum absolute atomic E-state index is 0.950. The number of aliphatic carboxylic acids is 3. The molecule has 0 spiro atoms. The lowest BCUT2D eigenvalue weighted by Crippen LogP contribution is -2.42. The number of nitrogens with zero attached hydrogens (tertiary/aromatic N) is 2. The Morgan fingerprint density at radius 1 is 1.20 bits per heavy atom. The van der Waals surface area contributed by atoms with Crippen LogP contribution in [0.2, 0.25) is 0 Å². The third-order valence-electron chi connectivity index (χ3n) is 3.38. The van der Waals surface area contributed by atoms with Crippen molar-refractivity contribution in [3.63, 3.8) is 0 Å². The van der Waals surface area contributed by atoms with Crippen molar-refractivity contribution < 1.29 is 34.8 Å². The summed E-state index contributed by atoms with van der Waals surface area (Å²) in [5.74, 6) is -3.89. The van der Waals surface area contributed by atoms with E-state index in [2.05, 4.69) is 23.4 Å². The van der Waals surface area contributed by atoms with Crippen LogP contribution in [0.4, 0.5) is 0 Å². The molecule has 4 N–H and O–H groups in total. The zero-order valence-electron chi connectivity index (χ0n) is 14.6. The van der Waals surface area contributed by atoms with Gasteiger partial charge < -0.3 is 25.3 Å². The highest BCUT2D eigenvalue weighted by atomic mass is 16.4. The summed E-state index contributed by atoms with van der Waals surface area (Å²) in [6.07, 6.45) is 0.218. The van der Waals surface area contributed by atoms with Crippen molar-refractivity contribution in [1.29, 1.82) is 0 Å². The molecule has 0 aromatic carbocycles. The molecule has 9 heteroatoms. The number of unbranched alkanes of at least 4 members (excludes halogenated alkanes) is 1. The van der Waals surface area contributed by atoms with E-state index in [-0.39, 0.29) is 0 Å². The van der Waals surface area contributed by atoms with Crippen molar-refractivity contribution >= 4 is 23.7 Å². The van der Waals surface area contributed by atoms with Gasteiger partial charge in [-0.3, -0.25) is 14.6 Å². The van der Waals surface area contributed by atoms with Crippen LogP contribution >= 0.6 is 0 Å². The predicted octanol–water partition coefficient (Wildman–Crippen LogP) is 0.828. The van der Waals surface area contributed by atoms with Gasteiger partial charge in [-0.2, -0.15) is 0 Å². The summed E-state index contributed by atoms with van der Waals surface area (Å²) in [6.45, 7) is 11.3. The summed E-state index contributed by atoms with van der Waals surface area (Å²) in [5, 5.41) is 33.8. The molecule has 0 aromatic rings. The van der Waals surface area contributed by atoms with E-state index in [0.29, 0.717) is 0 Å². The summed E-state index contributed by atoms with van der Waals surface area (Å²) in [7, 11) is 0. The molecule has 0 atom stereocenters. The highest BCUT2D eigenvalue weighted by Crippen LogP contribution is 2.15. The first-order chi connectivity index (χ1) is 11.5. The molecule has 1 rings (SSSR count). The third-order valence-corrected chi connectivity index (χ3v) is 3.38. The average Bonchev–Trinajstić information content (AvgIpc) is 2.92. The maximum atomic E-state index is 10.3. The van der Waals surface area contributed by atoms with Crippen LogP contribution in [-0.2, 0) is 14.4 Å². The Labute approximate surface area is 146 Å². The molecule has 1 aliphatic heterocycles. The topological polar surface area (TPSA) is 148 Å². The molecule has 0 unspecified atom stereocenters. The molecule has 0 saturated heterocycles. The Hall–Kier alpha value is -2.42. The highest BCUT2D eigenvalue weighted by Gasteiger charge is 2.40. The van der Waals surface area contributed by atoms with E-state index in [4.69, 9.17) is 20.4 Å². The van der Waals surface area contributed by atoms with E-state index >= 15 is 0 Å². The SMILES string of the molecule is C=C(C)C1=NCCN1CCCC.O=C(O)CC(O)(CC(=O)O)C(=O)O. The number of aliphatic hydroxyl groups is 1. The van der Waals surface area contributed by atoms with Crippen LogP contribution in [0, 0.1) is 0 Å². The van der Waals surface area contributed by atoms with Gasteiger partial charge in [-0.05, 0) is 18.9 Å². The fourth-order valence-corrected chi connectivity index (χ4v) is 2.17. The Balaban J connectivity index is 0.000000462. The lowest BCUT2D eigenvalue weighted by molar-refractivity contribution is -0.170. The van der Waals surface area contributed by atoms with Crippen molar-refractivity contribution in [2.75, 3.05) is 19.6 Å². The summed E-state index contributed by atoms with van der Waals surface area (Å²) in [6, 6.07) is 0. The number of aliphatic imine (C=N–C) groups is 1. The van der Waals surface area contributed by atoms with Gasteiger partial charge in [0.15, 0.2) is 5.60 Å². The van der Waals surface area contributed by atoms with Gasteiger partial charge in [0.05, 0.1) is 19.4 Å². The first-order valence-electron chi connectivity index (χ1n) is 7.88. The Morgan fingerprint density at radius 2 is 1.72 bits per heavy atom. The number of carbonyl (C=O) groups is 3. The van der Waals surface area contributed by atoms with Crippen molar-refractivity contribution in [1.82, 2.24) is 4.90 Å². The third kappa shape index (κ3) is 8.30. The van der Waals surface area contributed by atoms with Gasteiger partial charge in [-0.1, -0.05) is 19.9 Å². The lowest BCUT2D eigenvalue weighted by Gasteiger charge is -2.19. The summed E-state index contributed by atoms with van der Waals surface area (Å²) in [4.78, 5) is 37.2. The summed E-state index contributed by atoms with van der Waals surface area (Å²) in [5.41, 5.74) is -1.64. The van der Waals surface area contributed by atoms with Crippen LogP contribution in [0.15, 0.2) is 17.1 Å². The fourth-order valence-electron chi connectivity index (χ4n) is 2.17. The number of rotatable bonds is 9. The molecule has 1 heterocycles. The normalized spacial score (nSPS) is 13.6. The minimum atomic E-state index is -2.74. The number of hydrogen-bond acceptors (Lipinski definition) is 6. The van der Waals surface area contributed by atoms with E-state index < -0.39 is 36.4 Å². The molecule has 9 nitrogen and oxygen atoms in total. The van der Waals surface area contributed by atoms with Crippen molar-refractivity contribution in [2.24, 2.45) is 4.99 Å². The molecular weight excluding hydrogens is 332 g/mol. The molecule has 0 radical (unpaired) electrons. The number of carboxylic acid groups (broad SMARTS) is 3. The predicted molar refractivity (Wildman–Crippen MR) is 90.7 cm³/mol. The Morgan fingerprint density at radius 3 is 2.08 bits per heavy atom. The standard InChI is InChI=1S/C10H18N2.C6H8O7/c1-4-5-7-12-8-6-11-10(12)9(2)3;7-3(8)1-6(13,5(11)12)2-4(9)10/h2,4-8H2,1,3H3;13H,1-2H2,(H,7,8)(H,9,10)(H,11,12). The quantitative estimate of drug-likeness (QED) is 0.474. The molecule has 0 fully saturated rings. The maximum absolute atomic E-state index is 10.3. The van der Waals surface area contributed by atoms with Crippen molar-refractivity contribution in [3.8, 4) is 0 Å². The van der Waals surface area contributed by atoms with E-state index in [1.165, 1.54) is 12.8 Å². The smallest absolute Gasteiger partial charge is 0.336 e. The van der Waals surface area contributed by atoms with Gasteiger partial charge >= 0.3 is 17.9 Å². The van der Waals surface area contributed by atoms with Gasteiger partial charge in [-0.25, -0.2) is 4.79 Å². The zero-order chi connectivity index (χ0) is 19.6. The van der Waals surface area contributed by atoms with E-state index in [9.17, 15) is 14.4 Å². The molecular formula is C16H26N2O7. The van der Waals surface area contributed by atoms with Gasteiger partial charge in [0.1, 0.15) is 5.84 Å². The van der Waals surface area contributed by atoms with Crippen LogP contribution in [-0.4, -0.2) is 74.3 Å². The second kappa shape index (κ2) is 10.4. The molecule has 0 amide bonds. The molecule has 0 aliphatic carbocycles. The van der Waals surface area contributed by atoms with Crippen LogP contribution in [0.1, 0.15) is 39.5 Å². The average molecular weight is 358 g/mol. The van der Waals surface area contributed by atoms with Crippen LogP contribution < -0.4 is 0 Å². The summed E-state index contributed by atoms with van der Waals surface area (Å²) < 4.78 is 0. The van der Waals surface area contributed by atoms with Gasteiger partial charge in [0, 0.05) is 13.1 Å². The largest absolute Gasteiger partial charge is 0.481 e. The second-order valence-electron chi connectivity index (χ2n) is 5.80. The van der Waals surface area contributed by atoms with Crippen LogP contribution in [0.3, 0.4) is 0 Å². The van der Waals surface area contributed by atoms with Crippen LogP contribution in [0.25, 0.3) is 0 Å². The maximum Gasteiger partial charge on any atom is 0.336 e. The van der Waals surface area contributed by atoms with Crippen molar-refractivity contribution in [2.45, 2.75) is 45.1 Å². The molecule has 0 bridgehead atoms. The van der Waals surface area contributed by atoms with Gasteiger partial charge in [0.2, 0.25) is 0 Å². The molecule has 25 heavy (non-hydrogen) atoms. The monoisotopic (exact) mass is 358 g/mol. The first-order valence-corrected chi connectivity index (χ1v) is 7.88. The van der Waals surface area contributed by atoms with E-state index in [1.54, 1.807) is 0 Å². The van der Waals surface area contributed by atoms with Gasteiger partial charge in [-0.15, -0.1) is 0 Å². The molecule has 0 saturated carbocycles. The van der Waals surface area contributed by atoms with Gasteiger partial charge in [0.25, 0.3) is 0 Å². The number of amidine groups is 1. The van der Waals surface area contributed by atoms with Crippen LogP contribution in [0.5, 0.6) is 0 Å². The fraction of sp³-hybridized carbons (Fsp3) is 0.625. The Bertz CT molecular complexity index is 527. The minimum Gasteiger partial charge on any atom is -0.481 e. The zero-order valence-corrected chi connectivity index (χ0v) is 14.6. The first kappa shape index (κ1) is 22.6. The molecule has 0 aromatic heterocycles. The number of carboxylic acids is 3. The second-order valence-corrected chi connectivity index (χ2v) is 5.80. The lowest BCUT2D eigenvalue weighted by atomic mass is 9.96. The highest BCUT2D eigenvalue weighted by molar-refractivity contribution is 5.98. The molecule has 142 valence electrons. The Kier molecular flexibility index (Phi) is 9.43. The van der Waals surface area contributed by atoms with E-state index in [0.717, 1.165) is 31.0 Å². The number of hydrogen-bond donors (Lipinski definition) is 4. The van der Waals surface area contributed by atoms with E-state index in [1.807, 2.05) is 6.92 Å². The van der Waals surface area contributed by atoms with Crippen molar-refractivity contribution in [3.05, 3.63) is 12.2 Å². The summed E-state index contributed by atoms with van der Waals surface area (Å²) >= 11 is 0.